The fraction of sp³-hybridized carbons (Fsp3) is 0.414. The van der Waals surface area contributed by atoms with E-state index in [2.05, 4.69) is 0 Å². The number of phenols is 2. The van der Waals surface area contributed by atoms with Crippen molar-refractivity contribution in [1.29, 1.82) is 0 Å². The molecule has 0 aliphatic carbocycles. The van der Waals surface area contributed by atoms with Crippen molar-refractivity contribution < 1.29 is 36.9 Å². The first-order valence-corrected chi connectivity index (χ1v) is 17.0. The molecule has 0 radical (unpaired) electrons. The van der Waals surface area contributed by atoms with E-state index in [1.165, 1.54) is 12.1 Å². The maximum atomic E-state index is 13.7. The lowest BCUT2D eigenvalue weighted by atomic mass is 9.93. The Morgan fingerprint density at radius 1 is 0.683 bits per heavy atom. The van der Waals surface area contributed by atoms with Gasteiger partial charge in [-0.25, -0.2) is 16.8 Å². The van der Waals surface area contributed by atoms with E-state index in [9.17, 15) is 31.8 Å². The van der Waals surface area contributed by atoms with E-state index in [1.807, 2.05) is 0 Å². The lowest BCUT2D eigenvalue weighted by Crippen LogP contribution is -2.29. The Kier molecular flexibility index (Phi) is 9.27. The molecule has 7 N–H and O–H groups in total. The highest BCUT2D eigenvalue weighted by Gasteiger charge is 2.28. The molecule has 0 aliphatic heterocycles. The normalized spacial score (nSPS) is 13.4. The van der Waals surface area contributed by atoms with Crippen molar-refractivity contribution in [1.82, 2.24) is 0 Å². The Morgan fingerprint density at radius 2 is 1.12 bits per heavy atom. The molecule has 10 nitrogen and oxygen atoms in total. The molecule has 0 fully saturated rings. The number of hydrogen-bond donors (Lipinski definition) is 5. The number of unbranched alkanes of at least 4 members (excludes halogenated alkanes) is 5. The number of sulfone groups is 2. The van der Waals surface area contributed by atoms with Gasteiger partial charge in [0.15, 0.2) is 19.7 Å². The lowest BCUT2D eigenvalue weighted by molar-refractivity contribution is -0.138. The molecule has 1 unspecified atom stereocenters. The highest BCUT2D eigenvalue weighted by Crippen LogP contribution is 2.45. The summed E-state index contributed by atoms with van der Waals surface area (Å²) in [7, 11) is -7.90. The van der Waals surface area contributed by atoms with Crippen molar-refractivity contribution in [2.45, 2.75) is 67.2 Å². The molecule has 0 amide bonds. The van der Waals surface area contributed by atoms with Crippen LogP contribution in [0.1, 0.15) is 51.4 Å². The summed E-state index contributed by atoms with van der Waals surface area (Å²) in [5, 5.41) is 32.2. The highest BCUT2D eigenvalue weighted by molar-refractivity contribution is 7.92. The number of rotatable bonds is 15. The van der Waals surface area contributed by atoms with Crippen LogP contribution in [0.25, 0.3) is 32.3 Å². The topological polar surface area (TPSA) is 198 Å². The molecule has 4 rings (SSSR count). The average Bonchev–Trinajstić information content (AvgIpc) is 2.92. The van der Waals surface area contributed by atoms with E-state index in [0.717, 1.165) is 12.8 Å². The molecule has 0 saturated heterocycles. The van der Waals surface area contributed by atoms with Crippen molar-refractivity contribution in [2.24, 2.45) is 11.5 Å². The van der Waals surface area contributed by atoms with Crippen LogP contribution < -0.4 is 11.5 Å². The summed E-state index contributed by atoms with van der Waals surface area (Å²) in [4.78, 5) is 10.7. The Morgan fingerprint density at radius 3 is 1.61 bits per heavy atom. The van der Waals surface area contributed by atoms with Gasteiger partial charge in [-0.1, -0.05) is 37.8 Å². The number of aliphatic carboxylic acids is 1. The van der Waals surface area contributed by atoms with Crippen molar-refractivity contribution >= 4 is 58.0 Å². The Balaban J connectivity index is 1.82. The van der Waals surface area contributed by atoms with Crippen LogP contribution >= 0.6 is 0 Å². The fourth-order valence-corrected chi connectivity index (χ4v) is 8.66. The van der Waals surface area contributed by atoms with Gasteiger partial charge in [-0.15, -0.1) is 0 Å². The van der Waals surface area contributed by atoms with E-state index in [4.69, 9.17) is 16.6 Å². The van der Waals surface area contributed by atoms with Crippen molar-refractivity contribution in [3.8, 4) is 11.5 Å². The van der Waals surface area contributed by atoms with E-state index >= 15 is 0 Å². The number of phenolic OH excluding ortho intramolecular Hbond substituents is 2. The quantitative estimate of drug-likeness (QED) is 0.0975. The minimum atomic E-state index is -3.99. The number of benzene rings is 4. The second kappa shape index (κ2) is 12.4. The zero-order valence-electron chi connectivity index (χ0n) is 22.7. The first kappa shape index (κ1) is 30.8. The zero-order chi connectivity index (χ0) is 29.9. The van der Waals surface area contributed by atoms with Crippen LogP contribution in [0.15, 0.2) is 46.2 Å². The third-order valence-corrected chi connectivity index (χ3v) is 11.2. The number of carbonyl (C=O) groups is 1. The van der Waals surface area contributed by atoms with E-state index < -0.39 is 31.7 Å². The second-order valence-corrected chi connectivity index (χ2v) is 14.6. The number of aromatic hydroxyl groups is 2. The van der Waals surface area contributed by atoms with Gasteiger partial charge < -0.3 is 26.8 Å². The first-order valence-electron chi connectivity index (χ1n) is 13.7. The standard InChI is InChI=1S/C29H36N2O8S2/c30-13-5-1-2-6-14-40(36,37)25-17-26(41(38,39)15-7-3-4-8-22(31)29(34)35)21-12-10-19-24(33)16-23(32)18-9-11-20(25)28(21)27(18)19/h9-12,16-17,22,32-33H,1-8,13-15,30-31H2,(H,34,35). The minimum Gasteiger partial charge on any atom is -0.507 e. The summed E-state index contributed by atoms with van der Waals surface area (Å²) in [6.45, 7) is 0.523. The van der Waals surface area contributed by atoms with Crippen LogP contribution in [0.5, 0.6) is 11.5 Å². The predicted molar refractivity (Wildman–Crippen MR) is 159 cm³/mol. The largest absolute Gasteiger partial charge is 0.507 e. The molecule has 0 aromatic heterocycles. The van der Waals surface area contributed by atoms with Crippen LogP contribution in [0.2, 0.25) is 0 Å². The predicted octanol–water partition coefficient (Wildman–Crippen LogP) is 4.03. The van der Waals surface area contributed by atoms with Crippen LogP contribution in [-0.4, -0.2) is 62.2 Å². The van der Waals surface area contributed by atoms with Crippen molar-refractivity contribution in [3.05, 3.63) is 36.4 Å². The fourth-order valence-electron chi connectivity index (χ4n) is 5.37. The zero-order valence-corrected chi connectivity index (χ0v) is 24.3. The maximum absolute atomic E-state index is 13.7. The van der Waals surface area contributed by atoms with Gasteiger partial charge in [-0.2, -0.15) is 0 Å². The molecule has 41 heavy (non-hydrogen) atoms. The Labute approximate surface area is 239 Å². The molecule has 4 aromatic carbocycles. The molecule has 0 aliphatic rings. The van der Waals surface area contributed by atoms with Gasteiger partial charge in [-0.3, -0.25) is 4.79 Å². The Hall–Kier alpha value is -3.19. The molecule has 12 heteroatoms. The van der Waals surface area contributed by atoms with Crippen molar-refractivity contribution in [2.75, 3.05) is 18.1 Å². The van der Waals surface area contributed by atoms with Crippen LogP contribution in [0.3, 0.4) is 0 Å². The third kappa shape index (κ3) is 6.35. The molecular weight excluding hydrogens is 568 g/mol. The monoisotopic (exact) mass is 604 g/mol. The first-order chi connectivity index (χ1) is 19.4. The Bertz CT molecular complexity index is 1760. The molecule has 222 valence electrons. The number of hydrogen-bond acceptors (Lipinski definition) is 9. The van der Waals surface area contributed by atoms with Gasteiger partial charge >= 0.3 is 5.97 Å². The molecule has 0 heterocycles. The number of carboxylic acids is 1. The smallest absolute Gasteiger partial charge is 0.320 e. The van der Waals surface area contributed by atoms with Gasteiger partial charge in [0.1, 0.15) is 17.5 Å². The molecule has 0 saturated carbocycles. The molecule has 0 spiro atoms. The lowest BCUT2D eigenvalue weighted by Gasteiger charge is -2.18. The summed E-state index contributed by atoms with van der Waals surface area (Å²) in [5.74, 6) is -1.96. The highest BCUT2D eigenvalue weighted by atomic mass is 32.2. The van der Waals surface area contributed by atoms with Gasteiger partial charge in [0, 0.05) is 38.4 Å². The molecule has 4 aromatic rings. The van der Waals surface area contributed by atoms with Crippen LogP contribution in [-0.2, 0) is 24.5 Å². The minimum absolute atomic E-state index is 0.105. The van der Waals surface area contributed by atoms with Gasteiger partial charge in [0.05, 0.1) is 21.3 Å². The maximum Gasteiger partial charge on any atom is 0.320 e. The SMILES string of the molecule is NCCCCCCS(=O)(=O)c1cc(S(=O)(=O)CCCCCC(N)C(=O)O)c2ccc3c(O)cc(O)c4ccc1c2c43. The van der Waals surface area contributed by atoms with E-state index in [1.54, 1.807) is 24.3 Å². The number of nitrogens with two attached hydrogens (primary N) is 2. The summed E-state index contributed by atoms with van der Waals surface area (Å²) < 4.78 is 54.7. The van der Waals surface area contributed by atoms with Gasteiger partial charge in [0.2, 0.25) is 0 Å². The van der Waals surface area contributed by atoms with Crippen LogP contribution in [0.4, 0.5) is 0 Å². The summed E-state index contributed by atoms with van der Waals surface area (Å²) >= 11 is 0. The van der Waals surface area contributed by atoms with Gasteiger partial charge in [-0.05, 0) is 50.4 Å². The third-order valence-electron chi connectivity index (χ3n) is 7.56. The van der Waals surface area contributed by atoms with Gasteiger partial charge in [0.25, 0.3) is 0 Å². The summed E-state index contributed by atoms with van der Waals surface area (Å²) in [6.07, 6.45) is 3.96. The van der Waals surface area contributed by atoms with Crippen LogP contribution in [0, 0.1) is 0 Å². The van der Waals surface area contributed by atoms with Crippen molar-refractivity contribution in [3.63, 3.8) is 0 Å². The second-order valence-electron chi connectivity index (χ2n) is 10.5. The molecular formula is C29H36N2O8S2. The van der Waals surface area contributed by atoms with E-state index in [0.29, 0.717) is 64.5 Å². The summed E-state index contributed by atoms with van der Waals surface area (Å²) in [6, 6.07) is 7.71. The molecule has 1 atom stereocenters. The number of carboxylic acid groups (broad SMARTS) is 1. The average molecular weight is 605 g/mol. The van der Waals surface area contributed by atoms with E-state index in [-0.39, 0.29) is 45.6 Å². The molecule has 0 bridgehead atoms. The summed E-state index contributed by atoms with van der Waals surface area (Å²) in [5.41, 5.74) is 11.1.